The summed E-state index contributed by atoms with van der Waals surface area (Å²) in [5.74, 6) is -0.272. The number of fused-ring (bicyclic) bond motifs is 1. The summed E-state index contributed by atoms with van der Waals surface area (Å²) in [4.78, 5) is 12.1. The van der Waals surface area contributed by atoms with Gasteiger partial charge in [0.15, 0.2) is 0 Å². The number of allylic oxidation sites excluding steroid dienone is 1. The Labute approximate surface area is 119 Å². The van der Waals surface area contributed by atoms with E-state index in [1.54, 1.807) is 7.11 Å². The molecule has 0 saturated heterocycles. The molecule has 0 aliphatic heterocycles. The molecule has 1 aromatic rings. The molecule has 1 aliphatic carbocycles. The summed E-state index contributed by atoms with van der Waals surface area (Å²) >= 11 is 0. The minimum absolute atomic E-state index is 0.272. The first-order chi connectivity index (χ1) is 9.67. The van der Waals surface area contributed by atoms with Crippen LogP contribution in [0.25, 0.3) is 6.08 Å². The van der Waals surface area contributed by atoms with Gasteiger partial charge >= 0.3 is 5.97 Å². The number of nitrogens with zero attached hydrogens (tertiary/aromatic N) is 1. The zero-order valence-electron chi connectivity index (χ0n) is 12.1. The van der Waals surface area contributed by atoms with E-state index in [1.807, 2.05) is 19.1 Å². The summed E-state index contributed by atoms with van der Waals surface area (Å²) in [6.07, 6.45) is 4.52. The largest absolute Gasteiger partial charge is 0.461 e. The van der Waals surface area contributed by atoms with Crippen LogP contribution in [0.1, 0.15) is 41.5 Å². The average Bonchev–Trinajstić information content (AvgIpc) is 2.77. The molecule has 2 N–H and O–H groups in total. The lowest BCUT2D eigenvalue weighted by molar-refractivity contribution is 0.0512. The number of carbonyl (C=O) groups is 1. The summed E-state index contributed by atoms with van der Waals surface area (Å²) in [7, 11) is 1.68. The van der Waals surface area contributed by atoms with Gasteiger partial charge in [0.05, 0.1) is 6.61 Å². The van der Waals surface area contributed by atoms with Gasteiger partial charge in [-0.25, -0.2) is 4.79 Å². The number of hydrogen-bond donors (Lipinski definition) is 1. The Kier molecular flexibility index (Phi) is 4.84. The molecule has 0 amide bonds. The zero-order chi connectivity index (χ0) is 14.5. The monoisotopic (exact) mass is 278 g/mol. The molecule has 5 nitrogen and oxygen atoms in total. The highest BCUT2D eigenvalue weighted by Crippen LogP contribution is 2.26. The van der Waals surface area contributed by atoms with Crippen LogP contribution in [0, 0.1) is 0 Å². The van der Waals surface area contributed by atoms with Crippen molar-refractivity contribution in [1.29, 1.82) is 0 Å². The molecule has 0 fully saturated rings. The first kappa shape index (κ1) is 14.7. The van der Waals surface area contributed by atoms with Gasteiger partial charge in [-0.15, -0.1) is 0 Å². The van der Waals surface area contributed by atoms with E-state index in [0.29, 0.717) is 18.9 Å². The van der Waals surface area contributed by atoms with Gasteiger partial charge in [-0.3, -0.25) is 0 Å². The van der Waals surface area contributed by atoms with E-state index in [0.717, 1.165) is 37.1 Å². The summed E-state index contributed by atoms with van der Waals surface area (Å²) in [6, 6.07) is 1.88. The fourth-order valence-electron chi connectivity index (χ4n) is 2.55. The number of aromatic nitrogens is 1. The second-order valence-corrected chi connectivity index (χ2v) is 4.87. The fourth-order valence-corrected chi connectivity index (χ4v) is 2.55. The van der Waals surface area contributed by atoms with E-state index in [1.165, 1.54) is 5.69 Å². The molecular formula is C15H22N2O3. The standard InChI is InChI=1S/C15H22N2O3/c1-3-20-15(18)14-10-11-9-12(16)5-6-13(11)17(14)7-4-8-19-2/h9-10H,3-8,16H2,1-2H3. The van der Waals surface area contributed by atoms with Crippen LogP contribution in [-0.4, -0.2) is 30.9 Å². The minimum atomic E-state index is -0.272. The third-order valence-corrected chi connectivity index (χ3v) is 3.45. The predicted octanol–water partition coefficient (Wildman–Crippen LogP) is 1.95. The SMILES string of the molecule is CCOC(=O)c1cc2c(n1CCCOC)CCC(N)=C2. The molecule has 1 heterocycles. The van der Waals surface area contributed by atoms with E-state index in [2.05, 4.69) is 4.57 Å². The van der Waals surface area contributed by atoms with Crippen LogP contribution in [0.15, 0.2) is 11.8 Å². The lowest BCUT2D eigenvalue weighted by atomic mass is 10.0. The normalized spacial score (nSPS) is 13.8. The van der Waals surface area contributed by atoms with Crippen LogP contribution in [0.2, 0.25) is 0 Å². The topological polar surface area (TPSA) is 66.5 Å². The lowest BCUT2D eigenvalue weighted by Gasteiger charge is -2.16. The number of esters is 1. The molecular weight excluding hydrogens is 256 g/mol. The molecule has 110 valence electrons. The van der Waals surface area contributed by atoms with Gasteiger partial charge in [0.2, 0.25) is 0 Å². The number of ether oxygens (including phenoxy) is 2. The maximum Gasteiger partial charge on any atom is 0.354 e. The fraction of sp³-hybridized carbons (Fsp3) is 0.533. The summed E-state index contributed by atoms with van der Waals surface area (Å²) in [6.45, 7) is 3.62. The maximum atomic E-state index is 12.1. The first-order valence-corrected chi connectivity index (χ1v) is 7.01. The van der Waals surface area contributed by atoms with Crippen LogP contribution in [-0.2, 0) is 22.4 Å². The molecule has 0 spiro atoms. The Balaban J connectivity index is 2.32. The van der Waals surface area contributed by atoms with Crippen molar-refractivity contribution in [3.05, 3.63) is 28.7 Å². The molecule has 1 aliphatic rings. The molecule has 0 radical (unpaired) electrons. The summed E-state index contributed by atoms with van der Waals surface area (Å²) in [5.41, 5.74) is 9.56. The second kappa shape index (κ2) is 6.61. The van der Waals surface area contributed by atoms with Crippen molar-refractivity contribution in [2.75, 3.05) is 20.3 Å². The zero-order valence-corrected chi connectivity index (χ0v) is 12.1. The van der Waals surface area contributed by atoms with Gasteiger partial charge in [0.25, 0.3) is 0 Å². The van der Waals surface area contributed by atoms with Crippen molar-refractivity contribution in [2.24, 2.45) is 5.73 Å². The minimum Gasteiger partial charge on any atom is -0.461 e. The van der Waals surface area contributed by atoms with E-state index >= 15 is 0 Å². The molecule has 0 unspecified atom stereocenters. The molecule has 20 heavy (non-hydrogen) atoms. The quantitative estimate of drug-likeness (QED) is 0.638. The Morgan fingerprint density at radius 2 is 2.25 bits per heavy atom. The molecule has 0 saturated carbocycles. The molecule has 1 aromatic heterocycles. The molecule has 0 atom stereocenters. The van der Waals surface area contributed by atoms with E-state index in [9.17, 15) is 4.79 Å². The van der Waals surface area contributed by atoms with E-state index < -0.39 is 0 Å². The Morgan fingerprint density at radius 1 is 1.45 bits per heavy atom. The number of hydrogen-bond acceptors (Lipinski definition) is 4. The summed E-state index contributed by atoms with van der Waals surface area (Å²) in [5, 5.41) is 0. The van der Waals surface area contributed by atoms with Gasteiger partial charge in [0.1, 0.15) is 5.69 Å². The third-order valence-electron chi connectivity index (χ3n) is 3.45. The van der Waals surface area contributed by atoms with Crippen molar-refractivity contribution < 1.29 is 14.3 Å². The predicted molar refractivity (Wildman–Crippen MR) is 77.4 cm³/mol. The molecule has 5 heteroatoms. The molecule has 0 bridgehead atoms. The van der Waals surface area contributed by atoms with Crippen LogP contribution in [0.3, 0.4) is 0 Å². The summed E-state index contributed by atoms with van der Waals surface area (Å²) < 4.78 is 12.3. The van der Waals surface area contributed by atoms with Gasteiger partial charge in [0, 0.05) is 31.7 Å². The Morgan fingerprint density at radius 3 is 2.95 bits per heavy atom. The van der Waals surface area contributed by atoms with Gasteiger partial charge in [-0.1, -0.05) is 0 Å². The highest BCUT2D eigenvalue weighted by atomic mass is 16.5. The van der Waals surface area contributed by atoms with Crippen molar-refractivity contribution in [2.45, 2.75) is 32.7 Å². The average molecular weight is 278 g/mol. The maximum absolute atomic E-state index is 12.1. The van der Waals surface area contributed by atoms with Crippen LogP contribution in [0.5, 0.6) is 0 Å². The number of carbonyl (C=O) groups excluding carboxylic acids is 1. The first-order valence-electron chi connectivity index (χ1n) is 7.01. The van der Waals surface area contributed by atoms with Gasteiger partial charge < -0.3 is 19.8 Å². The van der Waals surface area contributed by atoms with E-state index in [4.69, 9.17) is 15.2 Å². The van der Waals surface area contributed by atoms with Crippen molar-refractivity contribution >= 4 is 12.0 Å². The number of nitrogens with two attached hydrogens (primary N) is 1. The van der Waals surface area contributed by atoms with Gasteiger partial charge in [-0.2, -0.15) is 0 Å². The van der Waals surface area contributed by atoms with E-state index in [-0.39, 0.29) is 5.97 Å². The van der Waals surface area contributed by atoms with Crippen LogP contribution >= 0.6 is 0 Å². The highest BCUT2D eigenvalue weighted by Gasteiger charge is 2.21. The van der Waals surface area contributed by atoms with Crippen LogP contribution < -0.4 is 5.73 Å². The third kappa shape index (κ3) is 3.04. The number of rotatable bonds is 6. The molecule has 0 aromatic carbocycles. The second-order valence-electron chi connectivity index (χ2n) is 4.87. The van der Waals surface area contributed by atoms with Crippen molar-refractivity contribution in [1.82, 2.24) is 4.57 Å². The Bertz CT molecular complexity index is 517. The van der Waals surface area contributed by atoms with Crippen molar-refractivity contribution in [3.8, 4) is 0 Å². The smallest absolute Gasteiger partial charge is 0.354 e. The van der Waals surface area contributed by atoms with Crippen molar-refractivity contribution in [3.63, 3.8) is 0 Å². The van der Waals surface area contributed by atoms with Crippen LogP contribution in [0.4, 0.5) is 0 Å². The lowest BCUT2D eigenvalue weighted by Crippen LogP contribution is -2.16. The highest BCUT2D eigenvalue weighted by molar-refractivity contribution is 5.89. The molecule has 2 rings (SSSR count). The Hall–Kier alpha value is -1.75. The van der Waals surface area contributed by atoms with Gasteiger partial charge in [-0.05, 0) is 43.9 Å². The number of methoxy groups -OCH3 is 1.